The highest BCUT2D eigenvalue weighted by Crippen LogP contribution is 2.45. The van der Waals surface area contributed by atoms with Crippen molar-refractivity contribution in [1.29, 1.82) is 0 Å². The number of amides is 2. The van der Waals surface area contributed by atoms with E-state index < -0.39 is 0 Å². The molecule has 2 amide bonds. The Morgan fingerprint density at radius 2 is 2.23 bits per heavy atom. The average molecular weight is 353 g/mol. The summed E-state index contributed by atoms with van der Waals surface area (Å²) in [6, 6.07) is 4.02. The van der Waals surface area contributed by atoms with Gasteiger partial charge < -0.3 is 20.1 Å². The van der Waals surface area contributed by atoms with Gasteiger partial charge in [-0.1, -0.05) is 0 Å². The van der Waals surface area contributed by atoms with Crippen molar-refractivity contribution in [3.8, 4) is 0 Å². The molecule has 0 radical (unpaired) electrons. The van der Waals surface area contributed by atoms with E-state index in [1.54, 1.807) is 12.4 Å². The molecule has 2 aromatic rings. The van der Waals surface area contributed by atoms with Crippen LogP contribution in [0.1, 0.15) is 29.6 Å². The Kier molecular flexibility index (Phi) is 3.37. The highest BCUT2D eigenvalue weighted by atomic mass is 16.2. The SMILES string of the molecule is CN1CC[C@H](C(=O)N2CC3(NC(=O)c4c[nH]c5ncccc45)CC2C3)C1. The number of H-pyrrole nitrogens is 1. The molecule has 136 valence electrons. The third-order valence-electron chi connectivity index (χ3n) is 6.26. The molecule has 1 saturated carbocycles. The molecule has 4 aliphatic rings. The molecule has 0 spiro atoms. The summed E-state index contributed by atoms with van der Waals surface area (Å²) in [4.78, 5) is 37.2. The van der Waals surface area contributed by atoms with E-state index in [2.05, 4.69) is 27.2 Å². The standard InChI is InChI=1S/C19H23N5O2/c1-23-6-4-12(10-23)18(26)24-11-19(7-13(24)8-19)22-17(25)15-9-21-16-14(15)3-2-5-20-16/h2-3,5,9,12-13H,4,6-8,10-11H2,1H3,(H,20,21)(H,22,25)/t12-,13?,19?/m0/s1. The van der Waals surface area contributed by atoms with E-state index in [0.29, 0.717) is 18.2 Å². The number of hydrogen-bond acceptors (Lipinski definition) is 4. The predicted octanol–water partition coefficient (Wildman–Crippen LogP) is 0.988. The molecule has 1 atom stereocenters. The van der Waals surface area contributed by atoms with Crippen LogP contribution in [0.5, 0.6) is 0 Å². The van der Waals surface area contributed by atoms with Gasteiger partial charge in [-0.3, -0.25) is 9.59 Å². The van der Waals surface area contributed by atoms with Crippen LogP contribution in [0.4, 0.5) is 0 Å². The molecule has 3 saturated heterocycles. The van der Waals surface area contributed by atoms with Gasteiger partial charge >= 0.3 is 0 Å². The van der Waals surface area contributed by atoms with Crippen molar-refractivity contribution in [2.45, 2.75) is 30.8 Å². The molecule has 0 aromatic carbocycles. The largest absolute Gasteiger partial charge is 0.345 e. The fourth-order valence-corrected chi connectivity index (χ4v) is 4.87. The number of carbonyl (C=O) groups excluding carboxylic acids is 2. The van der Waals surface area contributed by atoms with Crippen molar-refractivity contribution >= 4 is 22.8 Å². The first kappa shape index (κ1) is 15.8. The van der Waals surface area contributed by atoms with Crippen LogP contribution in [0.15, 0.2) is 24.5 Å². The molecular formula is C19H23N5O2. The van der Waals surface area contributed by atoms with Crippen LogP contribution < -0.4 is 5.32 Å². The number of pyridine rings is 1. The number of nitrogens with one attached hydrogen (secondary N) is 2. The zero-order chi connectivity index (χ0) is 17.9. The van der Waals surface area contributed by atoms with Crippen molar-refractivity contribution in [3.63, 3.8) is 0 Å². The minimum absolute atomic E-state index is 0.0856. The lowest BCUT2D eigenvalue weighted by Gasteiger charge is -2.37. The molecule has 7 nitrogen and oxygen atoms in total. The van der Waals surface area contributed by atoms with Crippen LogP contribution in [-0.4, -0.2) is 69.8 Å². The van der Waals surface area contributed by atoms with Gasteiger partial charge in [-0.15, -0.1) is 0 Å². The maximum atomic E-state index is 12.8. The molecule has 5 heterocycles. The Morgan fingerprint density at radius 3 is 3.00 bits per heavy atom. The lowest BCUT2D eigenvalue weighted by Crippen LogP contribution is -2.54. The molecule has 2 N–H and O–H groups in total. The Balaban J connectivity index is 1.29. The van der Waals surface area contributed by atoms with Gasteiger partial charge in [0.15, 0.2) is 0 Å². The molecule has 0 unspecified atom stereocenters. The zero-order valence-electron chi connectivity index (χ0n) is 14.9. The summed E-state index contributed by atoms with van der Waals surface area (Å²) in [5, 5.41) is 4.04. The number of aromatic nitrogens is 2. The number of hydrogen-bond donors (Lipinski definition) is 2. The van der Waals surface area contributed by atoms with E-state index >= 15 is 0 Å². The van der Waals surface area contributed by atoms with Crippen LogP contribution >= 0.6 is 0 Å². The fraction of sp³-hybridized carbons (Fsp3) is 0.526. The summed E-state index contributed by atoms with van der Waals surface area (Å²) >= 11 is 0. The number of rotatable bonds is 3. The molecule has 1 aliphatic carbocycles. The topological polar surface area (TPSA) is 81.3 Å². The van der Waals surface area contributed by atoms with Crippen molar-refractivity contribution < 1.29 is 9.59 Å². The third kappa shape index (κ3) is 2.34. The second-order valence-electron chi connectivity index (χ2n) is 8.11. The second kappa shape index (κ2) is 5.54. The summed E-state index contributed by atoms with van der Waals surface area (Å²) in [7, 11) is 2.06. The maximum absolute atomic E-state index is 12.8. The van der Waals surface area contributed by atoms with Crippen molar-refractivity contribution in [1.82, 2.24) is 25.1 Å². The van der Waals surface area contributed by atoms with Crippen molar-refractivity contribution in [3.05, 3.63) is 30.1 Å². The number of aromatic amines is 1. The Morgan fingerprint density at radius 1 is 1.38 bits per heavy atom. The van der Waals surface area contributed by atoms with Crippen LogP contribution in [0.2, 0.25) is 0 Å². The van der Waals surface area contributed by atoms with Crippen LogP contribution in [-0.2, 0) is 4.79 Å². The monoisotopic (exact) mass is 353 g/mol. The first-order valence-corrected chi connectivity index (χ1v) is 9.28. The summed E-state index contributed by atoms with van der Waals surface area (Å²) in [6.45, 7) is 2.48. The van der Waals surface area contributed by atoms with Gasteiger partial charge in [0.1, 0.15) is 5.65 Å². The van der Waals surface area contributed by atoms with Gasteiger partial charge in [0, 0.05) is 36.9 Å². The van der Waals surface area contributed by atoms with E-state index in [4.69, 9.17) is 0 Å². The predicted molar refractivity (Wildman–Crippen MR) is 96.6 cm³/mol. The third-order valence-corrected chi connectivity index (χ3v) is 6.26. The zero-order valence-corrected chi connectivity index (χ0v) is 14.9. The van der Waals surface area contributed by atoms with E-state index in [1.165, 1.54) is 0 Å². The second-order valence-corrected chi connectivity index (χ2v) is 8.11. The molecule has 6 rings (SSSR count). The molecule has 26 heavy (non-hydrogen) atoms. The molecule has 4 fully saturated rings. The van der Waals surface area contributed by atoms with Crippen molar-refractivity contribution in [2.75, 3.05) is 26.7 Å². The molecule has 2 bridgehead atoms. The summed E-state index contributed by atoms with van der Waals surface area (Å²) < 4.78 is 0. The molecular weight excluding hydrogens is 330 g/mol. The van der Waals surface area contributed by atoms with E-state index in [0.717, 1.165) is 43.4 Å². The van der Waals surface area contributed by atoms with Gasteiger partial charge in [0.25, 0.3) is 5.91 Å². The first-order valence-electron chi connectivity index (χ1n) is 9.28. The van der Waals surface area contributed by atoms with Crippen LogP contribution in [0.25, 0.3) is 11.0 Å². The lowest BCUT2D eigenvalue weighted by molar-refractivity contribution is -0.135. The minimum atomic E-state index is -0.256. The summed E-state index contributed by atoms with van der Waals surface area (Å²) in [5.41, 5.74) is 1.08. The maximum Gasteiger partial charge on any atom is 0.254 e. The van der Waals surface area contributed by atoms with Crippen LogP contribution in [0, 0.1) is 5.92 Å². The smallest absolute Gasteiger partial charge is 0.254 e. The molecule has 2 aromatic heterocycles. The molecule has 7 heteroatoms. The van der Waals surface area contributed by atoms with E-state index in [-0.39, 0.29) is 23.3 Å². The lowest BCUT2D eigenvalue weighted by atomic mass is 9.78. The first-order chi connectivity index (χ1) is 12.5. The Bertz CT molecular complexity index is 885. The minimum Gasteiger partial charge on any atom is -0.345 e. The van der Waals surface area contributed by atoms with E-state index in [1.807, 2.05) is 17.0 Å². The highest BCUT2D eigenvalue weighted by Gasteiger charge is 2.58. The van der Waals surface area contributed by atoms with Gasteiger partial charge in [-0.25, -0.2) is 4.98 Å². The number of carbonyl (C=O) groups is 2. The Labute approximate surface area is 151 Å². The summed E-state index contributed by atoms with van der Waals surface area (Å²) in [6.07, 6.45) is 6.10. The van der Waals surface area contributed by atoms with Gasteiger partial charge in [0.2, 0.25) is 5.91 Å². The van der Waals surface area contributed by atoms with Gasteiger partial charge in [-0.05, 0) is 45.0 Å². The van der Waals surface area contributed by atoms with Crippen LogP contribution in [0.3, 0.4) is 0 Å². The normalized spacial score (nSPS) is 30.6. The number of fused-ring (bicyclic) bond motifs is 2. The van der Waals surface area contributed by atoms with Crippen molar-refractivity contribution in [2.24, 2.45) is 5.92 Å². The molecule has 3 aliphatic heterocycles. The fourth-order valence-electron chi connectivity index (χ4n) is 4.87. The highest BCUT2D eigenvalue weighted by molar-refractivity contribution is 6.06. The van der Waals surface area contributed by atoms with Gasteiger partial charge in [-0.2, -0.15) is 0 Å². The van der Waals surface area contributed by atoms with Gasteiger partial charge in [0.05, 0.1) is 17.0 Å². The number of likely N-dealkylation sites (tertiary alicyclic amines) is 1. The number of nitrogens with zero attached hydrogens (tertiary/aromatic N) is 3. The van der Waals surface area contributed by atoms with E-state index in [9.17, 15) is 9.59 Å². The summed E-state index contributed by atoms with van der Waals surface area (Å²) in [5.74, 6) is 0.300. The quantitative estimate of drug-likeness (QED) is 0.862. The Hall–Kier alpha value is -2.41. The average Bonchev–Trinajstić information content (AvgIpc) is 3.34.